The Balaban J connectivity index is 1.59. The van der Waals surface area contributed by atoms with Gasteiger partial charge in [-0.15, -0.1) is 0 Å². The fourth-order valence-corrected chi connectivity index (χ4v) is 4.59. The summed E-state index contributed by atoms with van der Waals surface area (Å²) in [4.78, 5) is 40.3. The molecule has 6 nitrogen and oxygen atoms in total. The highest BCUT2D eigenvalue weighted by Crippen LogP contribution is 2.36. The maximum Gasteiger partial charge on any atom is 0.326 e. The Morgan fingerprint density at radius 2 is 1.55 bits per heavy atom. The molecule has 0 saturated carbocycles. The van der Waals surface area contributed by atoms with E-state index in [9.17, 15) is 14.4 Å². The molecule has 0 aromatic heterocycles. The molecule has 2 N–H and O–H groups in total. The highest BCUT2D eigenvalue weighted by Gasteiger charge is 2.54. The highest BCUT2D eigenvalue weighted by atomic mass is 35.5. The molecule has 168 valence electrons. The summed E-state index contributed by atoms with van der Waals surface area (Å²) < 4.78 is 0. The number of amides is 4. The quantitative estimate of drug-likeness (QED) is 0.502. The molecule has 3 aromatic carbocycles. The minimum Gasteiger partial charge on any atom is -0.348 e. The van der Waals surface area contributed by atoms with Crippen LogP contribution in [0.5, 0.6) is 0 Å². The number of rotatable bonds is 6. The predicted molar refractivity (Wildman–Crippen MR) is 127 cm³/mol. The second-order valence-corrected chi connectivity index (χ2v) is 8.60. The van der Waals surface area contributed by atoms with Gasteiger partial charge in [0, 0.05) is 10.0 Å². The third-order valence-electron chi connectivity index (χ3n) is 5.63. The Morgan fingerprint density at radius 1 is 0.970 bits per heavy atom. The number of nitrogens with zero attached hydrogens (tertiary/aromatic N) is 1. The van der Waals surface area contributed by atoms with Crippen LogP contribution in [0, 0.1) is 0 Å². The fraction of sp³-hybridized carbons (Fsp3) is 0.160. The van der Waals surface area contributed by atoms with Gasteiger partial charge < -0.3 is 10.6 Å². The SMILES string of the molecule is CC(NC(=O)CN1C(=O)NC(c2ccccc2)(c2ccccc2)C1=O)c1ccc(Cl)cc1Cl. The van der Waals surface area contributed by atoms with Crippen molar-refractivity contribution in [3.05, 3.63) is 106 Å². The van der Waals surface area contributed by atoms with E-state index in [1.54, 1.807) is 73.7 Å². The standard InChI is InChI=1S/C25H21Cl2N3O3/c1-16(20-13-12-19(26)14-21(20)27)28-22(31)15-30-23(32)25(29-24(30)33,17-8-4-2-5-9-17)18-10-6-3-7-11-18/h2-14,16H,15H2,1H3,(H,28,31)(H,29,33). The summed E-state index contributed by atoms with van der Waals surface area (Å²) in [7, 11) is 0. The molecule has 0 spiro atoms. The van der Waals surface area contributed by atoms with Gasteiger partial charge in [-0.2, -0.15) is 0 Å². The number of imide groups is 1. The first kappa shape index (κ1) is 22.8. The molecule has 0 radical (unpaired) electrons. The second kappa shape index (κ2) is 9.25. The van der Waals surface area contributed by atoms with Crippen LogP contribution in [-0.2, 0) is 15.1 Å². The van der Waals surface area contributed by atoms with Crippen molar-refractivity contribution in [2.75, 3.05) is 6.54 Å². The highest BCUT2D eigenvalue weighted by molar-refractivity contribution is 6.35. The van der Waals surface area contributed by atoms with Crippen molar-refractivity contribution in [2.45, 2.75) is 18.5 Å². The first-order valence-corrected chi connectivity index (χ1v) is 11.1. The van der Waals surface area contributed by atoms with Gasteiger partial charge in [0.25, 0.3) is 5.91 Å². The van der Waals surface area contributed by atoms with Crippen molar-refractivity contribution in [1.29, 1.82) is 0 Å². The molecule has 1 fully saturated rings. The summed E-state index contributed by atoms with van der Waals surface area (Å²) in [5, 5.41) is 6.52. The van der Waals surface area contributed by atoms with Crippen LogP contribution in [0.4, 0.5) is 4.79 Å². The Labute approximate surface area is 201 Å². The first-order valence-electron chi connectivity index (χ1n) is 10.3. The third-order valence-corrected chi connectivity index (χ3v) is 6.19. The molecule has 1 saturated heterocycles. The van der Waals surface area contributed by atoms with E-state index in [1.165, 1.54) is 0 Å². The van der Waals surface area contributed by atoms with Crippen molar-refractivity contribution in [1.82, 2.24) is 15.5 Å². The van der Waals surface area contributed by atoms with E-state index in [0.29, 0.717) is 26.7 Å². The van der Waals surface area contributed by atoms with E-state index >= 15 is 0 Å². The molecule has 33 heavy (non-hydrogen) atoms. The molecule has 0 aliphatic carbocycles. The number of carbonyl (C=O) groups is 3. The van der Waals surface area contributed by atoms with Gasteiger partial charge in [0.15, 0.2) is 5.54 Å². The normalized spacial score (nSPS) is 15.8. The van der Waals surface area contributed by atoms with Gasteiger partial charge in [-0.25, -0.2) is 4.79 Å². The Morgan fingerprint density at radius 3 is 2.09 bits per heavy atom. The van der Waals surface area contributed by atoms with Crippen LogP contribution in [0.1, 0.15) is 29.7 Å². The third kappa shape index (κ3) is 4.32. The molecule has 1 heterocycles. The summed E-state index contributed by atoms with van der Waals surface area (Å²) in [6.07, 6.45) is 0. The zero-order chi connectivity index (χ0) is 23.6. The van der Waals surface area contributed by atoms with Crippen LogP contribution in [0.15, 0.2) is 78.9 Å². The molecule has 8 heteroatoms. The van der Waals surface area contributed by atoms with Crippen LogP contribution in [0.25, 0.3) is 0 Å². The van der Waals surface area contributed by atoms with E-state index < -0.39 is 36.0 Å². The van der Waals surface area contributed by atoms with E-state index in [1.807, 2.05) is 12.1 Å². The van der Waals surface area contributed by atoms with Crippen molar-refractivity contribution >= 4 is 41.0 Å². The zero-order valence-electron chi connectivity index (χ0n) is 17.7. The molecule has 1 atom stereocenters. The monoisotopic (exact) mass is 481 g/mol. The number of urea groups is 1. The average molecular weight is 482 g/mol. The number of hydrogen-bond acceptors (Lipinski definition) is 3. The van der Waals surface area contributed by atoms with Crippen LogP contribution in [0.2, 0.25) is 10.0 Å². The molecule has 3 aromatic rings. The van der Waals surface area contributed by atoms with Crippen LogP contribution in [0.3, 0.4) is 0 Å². The average Bonchev–Trinajstić information content (AvgIpc) is 3.05. The zero-order valence-corrected chi connectivity index (χ0v) is 19.2. The van der Waals surface area contributed by atoms with Crippen LogP contribution in [-0.4, -0.2) is 29.3 Å². The Hall–Kier alpha value is -3.35. The van der Waals surface area contributed by atoms with E-state index in [2.05, 4.69) is 10.6 Å². The minimum absolute atomic E-state index is 0.414. The topological polar surface area (TPSA) is 78.5 Å². The number of nitrogens with one attached hydrogen (secondary N) is 2. The summed E-state index contributed by atoms with van der Waals surface area (Å²) in [6, 6.07) is 21.9. The predicted octanol–water partition coefficient (Wildman–Crippen LogP) is 4.67. The molecule has 1 aliphatic heterocycles. The number of carbonyl (C=O) groups excluding carboxylic acids is 3. The fourth-order valence-electron chi connectivity index (χ4n) is 4.02. The number of hydrogen-bond donors (Lipinski definition) is 2. The van der Waals surface area contributed by atoms with Gasteiger partial charge in [0.05, 0.1) is 6.04 Å². The van der Waals surface area contributed by atoms with E-state index in [0.717, 1.165) is 4.90 Å². The lowest BCUT2D eigenvalue weighted by molar-refractivity contribution is -0.134. The van der Waals surface area contributed by atoms with E-state index in [-0.39, 0.29) is 0 Å². The lowest BCUT2D eigenvalue weighted by atomic mass is 9.82. The molecular weight excluding hydrogens is 461 g/mol. The van der Waals surface area contributed by atoms with Gasteiger partial charge in [-0.1, -0.05) is 89.9 Å². The largest absolute Gasteiger partial charge is 0.348 e. The summed E-state index contributed by atoms with van der Waals surface area (Å²) in [6.45, 7) is 1.33. The molecule has 4 amide bonds. The molecule has 4 rings (SSSR count). The van der Waals surface area contributed by atoms with Crippen molar-refractivity contribution in [2.24, 2.45) is 0 Å². The van der Waals surface area contributed by atoms with Gasteiger partial charge in [-0.05, 0) is 35.7 Å². The summed E-state index contributed by atoms with van der Waals surface area (Å²) in [5.41, 5.74) is 0.484. The van der Waals surface area contributed by atoms with E-state index in [4.69, 9.17) is 23.2 Å². The molecule has 0 bridgehead atoms. The minimum atomic E-state index is -1.41. The smallest absolute Gasteiger partial charge is 0.326 e. The second-order valence-electron chi connectivity index (χ2n) is 7.76. The van der Waals surface area contributed by atoms with Crippen molar-refractivity contribution in [3.63, 3.8) is 0 Å². The van der Waals surface area contributed by atoms with Gasteiger partial charge >= 0.3 is 6.03 Å². The lowest BCUT2D eigenvalue weighted by Crippen LogP contribution is -2.46. The van der Waals surface area contributed by atoms with Gasteiger partial charge in [0.2, 0.25) is 5.91 Å². The molecule has 1 unspecified atom stereocenters. The number of benzene rings is 3. The van der Waals surface area contributed by atoms with Crippen LogP contribution >= 0.6 is 23.2 Å². The van der Waals surface area contributed by atoms with Gasteiger partial charge in [-0.3, -0.25) is 14.5 Å². The van der Waals surface area contributed by atoms with Gasteiger partial charge in [0.1, 0.15) is 6.54 Å². The Bertz CT molecular complexity index is 1160. The molecule has 1 aliphatic rings. The maximum atomic E-state index is 13.6. The maximum absolute atomic E-state index is 13.6. The molecular formula is C25H21Cl2N3O3. The van der Waals surface area contributed by atoms with Crippen molar-refractivity contribution < 1.29 is 14.4 Å². The summed E-state index contributed by atoms with van der Waals surface area (Å²) in [5.74, 6) is -1.01. The lowest BCUT2D eigenvalue weighted by Gasteiger charge is -2.28. The van der Waals surface area contributed by atoms with Crippen molar-refractivity contribution in [3.8, 4) is 0 Å². The first-order chi connectivity index (χ1) is 15.8. The van der Waals surface area contributed by atoms with Crippen LogP contribution < -0.4 is 10.6 Å². The summed E-state index contributed by atoms with van der Waals surface area (Å²) >= 11 is 12.2. The Kier molecular flexibility index (Phi) is 6.40. The number of halogens is 2.